The number of nitrogens with zero attached hydrogens (tertiary/aromatic N) is 1. The first-order chi connectivity index (χ1) is 10.8. The van der Waals surface area contributed by atoms with Crippen LogP contribution in [-0.4, -0.2) is 36.6 Å². The molecule has 1 fully saturated rings. The Kier molecular flexibility index (Phi) is 10.2. The minimum Gasteiger partial charge on any atom is -0.375 e. The van der Waals surface area contributed by atoms with Gasteiger partial charge in [0.2, 0.25) is 5.91 Å². The zero-order valence-electron chi connectivity index (χ0n) is 13.8. The molecule has 5 nitrogen and oxygen atoms in total. The van der Waals surface area contributed by atoms with Crippen LogP contribution in [-0.2, 0) is 16.1 Å². The van der Waals surface area contributed by atoms with E-state index in [4.69, 9.17) is 4.74 Å². The van der Waals surface area contributed by atoms with Crippen LogP contribution in [0.1, 0.15) is 45.1 Å². The number of amides is 1. The van der Waals surface area contributed by atoms with Gasteiger partial charge < -0.3 is 15.4 Å². The number of rotatable bonds is 6. The van der Waals surface area contributed by atoms with Gasteiger partial charge >= 0.3 is 0 Å². The van der Waals surface area contributed by atoms with Crippen molar-refractivity contribution in [3.63, 3.8) is 0 Å². The second kappa shape index (κ2) is 12.1. The Morgan fingerprint density at radius 1 is 1.45 bits per heavy atom. The third-order valence-electron chi connectivity index (χ3n) is 3.16. The molecule has 5 heteroatoms. The lowest BCUT2D eigenvalue weighted by molar-refractivity contribution is -0.123. The molecule has 1 aliphatic heterocycles. The Labute approximate surface area is 133 Å². The van der Waals surface area contributed by atoms with Gasteiger partial charge in [-0.2, -0.15) is 0 Å². The maximum Gasteiger partial charge on any atom is 0.237 e. The molecular formula is C17H29N3O2. The Hall–Kier alpha value is -1.46. The maximum atomic E-state index is 11.8. The fraction of sp³-hybridized carbons (Fsp3) is 0.647. The number of hydrogen-bond acceptors (Lipinski definition) is 4. The van der Waals surface area contributed by atoms with Gasteiger partial charge in [0.15, 0.2) is 0 Å². The molecule has 1 saturated heterocycles. The summed E-state index contributed by atoms with van der Waals surface area (Å²) in [4.78, 5) is 15.8. The predicted octanol–water partition coefficient (Wildman–Crippen LogP) is 2.27. The molecule has 1 atom stereocenters. The summed E-state index contributed by atoms with van der Waals surface area (Å²) in [6, 6.07) is 3.83. The van der Waals surface area contributed by atoms with Gasteiger partial charge in [-0.25, -0.2) is 0 Å². The number of piperidine rings is 1. The smallest absolute Gasteiger partial charge is 0.237 e. The molecule has 0 spiro atoms. The molecule has 2 N–H and O–H groups in total. The average molecular weight is 307 g/mol. The summed E-state index contributed by atoms with van der Waals surface area (Å²) in [7, 11) is 0. The first-order valence-electron chi connectivity index (χ1n) is 8.25. The lowest BCUT2D eigenvalue weighted by atomic mass is 10.0. The highest BCUT2D eigenvalue weighted by atomic mass is 16.5. The summed E-state index contributed by atoms with van der Waals surface area (Å²) in [5, 5.41) is 6.12. The van der Waals surface area contributed by atoms with Gasteiger partial charge in [0.05, 0.1) is 19.3 Å². The average Bonchev–Trinajstić information content (AvgIpc) is 2.57. The van der Waals surface area contributed by atoms with Gasteiger partial charge in [-0.3, -0.25) is 9.78 Å². The van der Waals surface area contributed by atoms with Crippen molar-refractivity contribution in [3.8, 4) is 0 Å². The largest absolute Gasteiger partial charge is 0.375 e. The summed E-state index contributed by atoms with van der Waals surface area (Å²) >= 11 is 0. The minimum atomic E-state index is -0.0212. The molecule has 0 aromatic carbocycles. The number of pyridine rings is 1. The van der Waals surface area contributed by atoms with E-state index >= 15 is 0 Å². The summed E-state index contributed by atoms with van der Waals surface area (Å²) < 4.78 is 5.48. The van der Waals surface area contributed by atoms with Crippen LogP contribution in [0.25, 0.3) is 0 Å². The third-order valence-corrected chi connectivity index (χ3v) is 3.16. The topological polar surface area (TPSA) is 63.2 Å². The van der Waals surface area contributed by atoms with Crippen molar-refractivity contribution in [2.45, 2.75) is 52.2 Å². The van der Waals surface area contributed by atoms with Crippen molar-refractivity contribution in [2.75, 3.05) is 19.7 Å². The highest BCUT2D eigenvalue weighted by Gasteiger charge is 2.19. The highest BCUT2D eigenvalue weighted by molar-refractivity contribution is 5.81. The summed E-state index contributed by atoms with van der Waals surface area (Å²) in [6.45, 7) is 6.80. The van der Waals surface area contributed by atoms with Crippen molar-refractivity contribution in [2.24, 2.45) is 0 Å². The summed E-state index contributed by atoms with van der Waals surface area (Å²) in [5.74, 6) is 0.0877. The van der Waals surface area contributed by atoms with Crippen LogP contribution in [0.2, 0.25) is 0 Å². The van der Waals surface area contributed by atoms with Crippen LogP contribution >= 0.6 is 0 Å². The number of carbonyl (C=O) groups is 1. The van der Waals surface area contributed by atoms with Crippen LogP contribution in [0.4, 0.5) is 0 Å². The van der Waals surface area contributed by atoms with Crippen molar-refractivity contribution in [1.82, 2.24) is 15.6 Å². The molecule has 124 valence electrons. The van der Waals surface area contributed by atoms with Gasteiger partial charge in [0.1, 0.15) is 0 Å². The van der Waals surface area contributed by atoms with Crippen molar-refractivity contribution in [3.05, 3.63) is 30.1 Å². The predicted molar refractivity (Wildman–Crippen MR) is 88.5 cm³/mol. The van der Waals surface area contributed by atoms with E-state index in [0.717, 1.165) is 31.4 Å². The molecule has 2 heterocycles. The van der Waals surface area contributed by atoms with E-state index in [1.165, 1.54) is 6.42 Å². The van der Waals surface area contributed by atoms with Crippen molar-refractivity contribution >= 4 is 5.91 Å². The molecule has 1 aliphatic rings. The number of ether oxygens (including phenoxy) is 1. The Morgan fingerprint density at radius 3 is 2.91 bits per heavy atom. The van der Waals surface area contributed by atoms with Crippen LogP contribution in [0.5, 0.6) is 0 Å². The summed E-state index contributed by atoms with van der Waals surface area (Å²) in [6.07, 6.45) is 7.99. The SMILES string of the molecule is CCC.O=C(NCCOCc1cccnc1)C1CCCCN1. The lowest BCUT2D eigenvalue weighted by Gasteiger charge is -2.22. The fourth-order valence-corrected chi connectivity index (χ4v) is 2.12. The first-order valence-corrected chi connectivity index (χ1v) is 8.25. The molecule has 0 radical (unpaired) electrons. The lowest BCUT2D eigenvalue weighted by Crippen LogP contribution is -2.47. The first kappa shape index (κ1) is 18.6. The highest BCUT2D eigenvalue weighted by Crippen LogP contribution is 2.06. The van der Waals surface area contributed by atoms with E-state index in [9.17, 15) is 4.79 Å². The second-order valence-corrected chi connectivity index (χ2v) is 5.41. The van der Waals surface area contributed by atoms with Gasteiger partial charge in [-0.05, 0) is 31.0 Å². The Morgan fingerprint density at radius 2 is 2.27 bits per heavy atom. The Balaban J connectivity index is 0.000000745. The van der Waals surface area contributed by atoms with E-state index in [2.05, 4.69) is 29.5 Å². The molecule has 1 aromatic rings. The molecule has 0 saturated carbocycles. The molecule has 0 aliphatic carbocycles. The van der Waals surface area contributed by atoms with E-state index < -0.39 is 0 Å². The molecule has 2 rings (SSSR count). The monoisotopic (exact) mass is 307 g/mol. The molecule has 1 unspecified atom stereocenters. The molecule has 0 bridgehead atoms. The van der Waals surface area contributed by atoms with Crippen LogP contribution < -0.4 is 10.6 Å². The number of hydrogen-bond donors (Lipinski definition) is 2. The molecular weight excluding hydrogens is 278 g/mol. The number of aromatic nitrogens is 1. The van der Waals surface area contributed by atoms with E-state index in [1.54, 1.807) is 12.4 Å². The number of carbonyl (C=O) groups excluding carboxylic acids is 1. The van der Waals surface area contributed by atoms with Crippen LogP contribution in [0.3, 0.4) is 0 Å². The van der Waals surface area contributed by atoms with E-state index in [0.29, 0.717) is 19.8 Å². The Bertz CT molecular complexity index is 392. The fourth-order valence-electron chi connectivity index (χ4n) is 2.12. The summed E-state index contributed by atoms with van der Waals surface area (Å²) in [5.41, 5.74) is 1.04. The van der Waals surface area contributed by atoms with Gasteiger partial charge in [0.25, 0.3) is 0 Å². The van der Waals surface area contributed by atoms with Gasteiger partial charge in [-0.15, -0.1) is 0 Å². The van der Waals surface area contributed by atoms with Gasteiger partial charge in [-0.1, -0.05) is 32.8 Å². The van der Waals surface area contributed by atoms with Gasteiger partial charge in [0, 0.05) is 18.9 Å². The zero-order valence-corrected chi connectivity index (χ0v) is 13.8. The van der Waals surface area contributed by atoms with E-state index in [-0.39, 0.29) is 11.9 Å². The normalized spacial score (nSPS) is 17.3. The van der Waals surface area contributed by atoms with Crippen molar-refractivity contribution < 1.29 is 9.53 Å². The standard InChI is InChI=1S/C14H21N3O2.C3H8/c18-14(13-5-1-2-7-16-13)17-8-9-19-11-12-4-3-6-15-10-12;1-3-2/h3-4,6,10,13,16H,1-2,5,7-9,11H2,(H,17,18);3H2,1-2H3. The van der Waals surface area contributed by atoms with Crippen LogP contribution in [0, 0.1) is 0 Å². The molecule has 1 amide bonds. The third kappa shape index (κ3) is 8.10. The molecule has 22 heavy (non-hydrogen) atoms. The van der Waals surface area contributed by atoms with E-state index in [1.807, 2.05) is 12.1 Å². The second-order valence-electron chi connectivity index (χ2n) is 5.41. The van der Waals surface area contributed by atoms with Crippen LogP contribution in [0.15, 0.2) is 24.5 Å². The quantitative estimate of drug-likeness (QED) is 0.791. The van der Waals surface area contributed by atoms with Crippen molar-refractivity contribution in [1.29, 1.82) is 0 Å². The maximum absolute atomic E-state index is 11.8. The molecule has 1 aromatic heterocycles. The number of nitrogens with one attached hydrogen (secondary N) is 2. The minimum absolute atomic E-state index is 0.0212. The zero-order chi connectivity index (χ0) is 16.0.